The van der Waals surface area contributed by atoms with Gasteiger partial charge in [0.15, 0.2) is 0 Å². The maximum atomic E-state index is 12.1. The van der Waals surface area contributed by atoms with E-state index in [2.05, 4.69) is 25.2 Å². The van der Waals surface area contributed by atoms with Gasteiger partial charge in [0.1, 0.15) is 5.69 Å². The Balaban J connectivity index is 1.47. The molecular formula is C16H19N5O. The van der Waals surface area contributed by atoms with Crippen LogP contribution in [0.25, 0.3) is 0 Å². The average molecular weight is 297 g/mol. The van der Waals surface area contributed by atoms with Crippen LogP contribution in [-0.2, 0) is 6.54 Å². The number of carbonyl (C=O) groups excluding carboxylic acids is 1. The summed E-state index contributed by atoms with van der Waals surface area (Å²) in [4.78, 5) is 26.4. The lowest BCUT2D eigenvalue weighted by Gasteiger charge is -2.32. The molecule has 2 aromatic rings. The minimum absolute atomic E-state index is 0.138. The number of aromatic nitrogens is 3. The molecule has 114 valence electrons. The fourth-order valence-corrected chi connectivity index (χ4v) is 2.66. The van der Waals surface area contributed by atoms with Crippen molar-refractivity contribution in [1.29, 1.82) is 0 Å². The van der Waals surface area contributed by atoms with E-state index in [1.54, 1.807) is 6.20 Å². The lowest BCUT2D eigenvalue weighted by molar-refractivity contribution is 0.0903. The molecule has 0 aromatic carbocycles. The first-order valence-corrected chi connectivity index (χ1v) is 7.49. The van der Waals surface area contributed by atoms with Crippen LogP contribution in [0.5, 0.6) is 0 Å². The molecule has 0 aliphatic carbocycles. The Kier molecular flexibility index (Phi) is 4.70. The molecule has 1 saturated heterocycles. The summed E-state index contributed by atoms with van der Waals surface area (Å²) in [5.41, 5.74) is 1.65. The van der Waals surface area contributed by atoms with Gasteiger partial charge in [-0.3, -0.25) is 19.7 Å². The van der Waals surface area contributed by atoms with Gasteiger partial charge in [-0.25, -0.2) is 4.98 Å². The summed E-state index contributed by atoms with van der Waals surface area (Å²) in [7, 11) is 0. The van der Waals surface area contributed by atoms with Crippen molar-refractivity contribution in [2.75, 3.05) is 13.1 Å². The third-order valence-electron chi connectivity index (χ3n) is 3.87. The van der Waals surface area contributed by atoms with E-state index in [1.165, 1.54) is 18.0 Å². The molecule has 1 aliphatic heterocycles. The summed E-state index contributed by atoms with van der Waals surface area (Å²) in [6.07, 6.45) is 10.1. The Bertz CT molecular complexity index is 596. The first-order valence-electron chi connectivity index (χ1n) is 7.49. The van der Waals surface area contributed by atoms with Crippen LogP contribution in [-0.4, -0.2) is 44.9 Å². The Labute approximate surface area is 129 Å². The van der Waals surface area contributed by atoms with E-state index in [0.717, 1.165) is 32.5 Å². The molecule has 0 bridgehead atoms. The van der Waals surface area contributed by atoms with E-state index < -0.39 is 0 Å². The van der Waals surface area contributed by atoms with Gasteiger partial charge in [0.25, 0.3) is 5.91 Å². The molecule has 3 heterocycles. The van der Waals surface area contributed by atoms with E-state index >= 15 is 0 Å². The maximum absolute atomic E-state index is 12.1. The van der Waals surface area contributed by atoms with E-state index in [4.69, 9.17) is 0 Å². The number of hydrogen-bond acceptors (Lipinski definition) is 5. The van der Waals surface area contributed by atoms with Gasteiger partial charge in [0, 0.05) is 50.5 Å². The molecular weight excluding hydrogens is 278 g/mol. The molecule has 1 fully saturated rings. The first-order chi connectivity index (χ1) is 10.8. The van der Waals surface area contributed by atoms with Crippen molar-refractivity contribution >= 4 is 5.91 Å². The highest BCUT2D eigenvalue weighted by molar-refractivity contribution is 5.92. The topological polar surface area (TPSA) is 71.0 Å². The molecule has 2 aromatic heterocycles. The summed E-state index contributed by atoms with van der Waals surface area (Å²) in [5.74, 6) is -0.138. The van der Waals surface area contributed by atoms with Crippen LogP contribution >= 0.6 is 0 Å². The summed E-state index contributed by atoms with van der Waals surface area (Å²) in [6, 6.07) is 4.30. The van der Waals surface area contributed by atoms with Gasteiger partial charge in [-0.2, -0.15) is 0 Å². The summed E-state index contributed by atoms with van der Waals surface area (Å²) in [5, 5.41) is 3.04. The van der Waals surface area contributed by atoms with E-state index in [9.17, 15) is 4.79 Å². The van der Waals surface area contributed by atoms with Gasteiger partial charge < -0.3 is 5.32 Å². The third kappa shape index (κ3) is 3.85. The Morgan fingerprint density at radius 1 is 1.14 bits per heavy atom. The number of carbonyl (C=O) groups is 1. The second-order valence-corrected chi connectivity index (χ2v) is 5.47. The van der Waals surface area contributed by atoms with Gasteiger partial charge in [-0.15, -0.1) is 0 Å². The first kappa shape index (κ1) is 14.6. The van der Waals surface area contributed by atoms with Crippen LogP contribution < -0.4 is 5.32 Å². The standard InChI is InChI=1S/C16H19N5O/c22-16(15-11-18-7-8-19-15)20-14-3-9-21(10-4-14)12-13-1-5-17-6-2-13/h1-2,5-8,11,14H,3-4,9-10,12H2,(H,20,22). The number of nitrogens with one attached hydrogen (secondary N) is 1. The molecule has 22 heavy (non-hydrogen) atoms. The molecule has 6 heteroatoms. The van der Waals surface area contributed by atoms with E-state index in [1.807, 2.05) is 24.5 Å². The van der Waals surface area contributed by atoms with Crippen molar-refractivity contribution in [3.63, 3.8) is 0 Å². The Morgan fingerprint density at radius 2 is 1.91 bits per heavy atom. The summed E-state index contributed by atoms with van der Waals surface area (Å²) >= 11 is 0. The number of rotatable bonds is 4. The SMILES string of the molecule is O=C(NC1CCN(Cc2ccncc2)CC1)c1cnccn1. The molecule has 6 nitrogen and oxygen atoms in total. The highest BCUT2D eigenvalue weighted by Crippen LogP contribution is 2.13. The Morgan fingerprint density at radius 3 is 2.59 bits per heavy atom. The number of nitrogens with zero attached hydrogens (tertiary/aromatic N) is 4. The maximum Gasteiger partial charge on any atom is 0.271 e. The van der Waals surface area contributed by atoms with E-state index in [0.29, 0.717) is 5.69 Å². The molecule has 1 aliphatic rings. The van der Waals surface area contributed by atoms with Gasteiger partial charge in [-0.1, -0.05) is 0 Å². The summed E-state index contributed by atoms with van der Waals surface area (Å²) < 4.78 is 0. The van der Waals surface area contributed by atoms with Gasteiger partial charge in [-0.05, 0) is 30.5 Å². The largest absolute Gasteiger partial charge is 0.348 e. The average Bonchev–Trinajstić information content (AvgIpc) is 2.58. The normalized spacial score (nSPS) is 16.4. The van der Waals surface area contributed by atoms with Crippen molar-refractivity contribution in [3.8, 4) is 0 Å². The highest BCUT2D eigenvalue weighted by atomic mass is 16.1. The lowest BCUT2D eigenvalue weighted by atomic mass is 10.0. The zero-order chi connectivity index (χ0) is 15.2. The van der Waals surface area contributed by atoms with Gasteiger partial charge >= 0.3 is 0 Å². The fraction of sp³-hybridized carbons (Fsp3) is 0.375. The molecule has 0 unspecified atom stereocenters. The monoisotopic (exact) mass is 297 g/mol. The van der Waals surface area contributed by atoms with Crippen molar-refractivity contribution in [2.24, 2.45) is 0 Å². The second kappa shape index (κ2) is 7.09. The smallest absolute Gasteiger partial charge is 0.271 e. The number of amides is 1. The van der Waals surface area contributed by atoms with Crippen molar-refractivity contribution in [2.45, 2.75) is 25.4 Å². The predicted octanol–water partition coefficient (Wildman–Crippen LogP) is 1.27. The number of hydrogen-bond donors (Lipinski definition) is 1. The minimum Gasteiger partial charge on any atom is -0.348 e. The molecule has 0 spiro atoms. The van der Waals surface area contributed by atoms with Gasteiger partial charge in [0.2, 0.25) is 0 Å². The lowest BCUT2D eigenvalue weighted by Crippen LogP contribution is -2.44. The summed E-state index contributed by atoms with van der Waals surface area (Å²) in [6.45, 7) is 2.90. The van der Waals surface area contributed by atoms with Crippen LogP contribution in [0, 0.1) is 0 Å². The molecule has 0 saturated carbocycles. The second-order valence-electron chi connectivity index (χ2n) is 5.47. The quantitative estimate of drug-likeness (QED) is 0.920. The zero-order valence-corrected chi connectivity index (χ0v) is 12.4. The predicted molar refractivity (Wildman–Crippen MR) is 82.0 cm³/mol. The van der Waals surface area contributed by atoms with Gasteiger partial charge in [0.05, 0.1) is 6.20 Å². The molecule has 0 radical (unpaired) electrons. The van der Waals surface area contributed by atoms with E-state index in [-0.39, 0.29) is 11.9 Å². The number of piperidine rings is 1. The number of likely N-dealkylation sites (tertiary alicyclic amines) is 1. The van der Waals surface area contributed by atoms with Crippen LogP contribution in [0.2, 0.25) is 0 Å². The third-order valence-corrected chi connectivity index (χ3v) is 3.87. The molecule has 0 atom stereocenters. The van der Waals surface area contributed by atoms with Crippen molar-refractivity contribution in [3.05, 3.63) is 54.4 Å². The minimum atomic E-state index is -0.138. The Hall–Kier alpha value is -2.34. The van der Waals surface area contributed by atoms with Crippen molar-refractivity contribution < 1.29 is 4.79 Å². The van der Waals surface area contributed by atoms with Crippen LogP contribution in [0.15, 0.2) is 43.1 Å². The van der Waals surface area contributed by atoms with Crippen molar-refractivity contribution in [1.82, 2.24) is 25.2 Å². The molecule has 3 rings (SSSR count). The zero-order valence-electron chi connectivity index (χ0n) is 12.4. The fourth-order valence-electron chi connectivity index (χ4n) is 2.66. The van der Waals surface area contributed by atoms with Crippen LogP contribution in [0.3, 0.4) is 0 Å². The molecule has 1 N–H and O–H groups in total. The highest BCUT2D eigenvalue weighted by Gasteiger charge is 2.21. The van der Waals surface area contributed by atoms with Crippen LogP contribution in [0.4, 0.5) is 0 Å². The number of pyridine rings is 1. The molecule has 1 amide bonds. The van der Waals surface area contributed by atoms with Crippen LogP contribution in [0.1, 0.15) is 28.9 Å².